The number of benzene rings is 1. The van der Waals surface area contributed by atoms with Gasteiger partial charge in [0, 0.05) is 29.1 Å². The largest absolute Gasteiger partial charge is 0.364 e. The van der Waals surface area contributed by atoms with Crippen LogP contribution in [0.4, 0.5) is 5.69 Å². The first kappa shape index (κ1) is 15.4. The first-order chi connectivity index (χ1) is 10.1. The third-order valence-corrected chi connectivity index (χ3v) is 5.97. The van der Waals surface area contributed by atoms with Gasteiger partial charge in [0.2, 0.25) is 0 Å². The highest BCUT2D eigenvalue weighted by Gasteiger charge is 2.41. The van der Waals surface area contributed by atoms with Crippen LogP contribution in [-0.2, 0) is 0 Å². The molecule has 116 valence electrons. The van der Waals surface area contributed by atoms with Crippen LogP contribution in [0.25, 0.3) is 0 Å². The summed E-state index contributed by atoms with van der Waals surface area (Å²) in [5, 5.41) is 3.93. The van der Waals surface area contributed by atoms with Gasteiger partial charge in [-0.25, -0.2) is 0 Å². The van der Waals surface area contributed by atoms with Crippen molar-refractivity contribution in [2.75, 3.05) is 18.0 Å². The summed E-state index contributed by atoms with van der Waals surface area (Å²) in [6.07, 6.45) is 6.83. The van der Waals surface area contributed by atoms with E-state index in [-0.39, 0.29) is 0 Å². The smallest absolute Gasteiger partial charge is 0.0514 e. The fourth-order valence-electron chi connectivity index (χ4n) is 4.04. The van der Waals surface area contributed by atoms with Gasteiger partial charge in [-0.1, -0.05) is 45.2 Å². The molecule has 1 spiro atoms. The molecule has 1 saturated heterocycles. The molecule has 2 nitrogen and oxygen atoms in total. The molecule has 1 atom stereocenters. The Morgan fingerprint density at radius 1 is 1.19 bits per heavy atom. The zero-order valence-corrected chi connectivity index (χ0v) is 14.8. The number of nitrogens with zero attached hydrogens (tertiary/aromatic N) is 1. The van der Waals surface area contributed by atoms with E-state index in [1.54, 1.807) is 0 Å². The zero-order valence-electron chi connectivity index (χ0n) is 13.2. The minimum Gasteiger partial charge on any atom is -0.364 e. The Morgan fingerprint density at radius 3 is 2.57 bits per heavy atom. The average Bonchev–Trinajstić information content (AvgIpc) is 2.48. The molecule has 1 aromatic rings. The van der Waals surface area contributed by atoms with E-state index >= 15 is 0 Å². The van der Waals surface area contributed by atoms with Crippen molar-refractivity contribution >= 4 is 21.6 Å². The lowest BCUT2D eigenvalue weighted by atomic mass is 9.78. The van der Waals surface area contributed by atoms with Crippen LogP contribution in [-0.4, -0.2) is 24.7 Å². The monoisotopic (exact) mass is 350 g/mol. The SMILES string of the molecule is CC(C)C1CNC2(CCCCC2)CN1c1ccccc1Br. The van der Waals surface area contributed by atoms with Gasteiger partial charge in [-0.05, 0) is 46.8 Å². The van der Waals surface area contributed by atoms with Crippen molar-refractivity contribution in [2.24, 2.45) is 5.92 Å². The molecule has 1 aliphatic carbocycles. The Labute approximate surface area is 137 Å². The van der Waals surface area contributed by atoms with Crippen LogP contribution in [0.2, 0.25) is 0 Å². The Morgan fingerprint density at radius 2 is 1.90 bits per heavy atom. The summed E-state index contributed by atoms with van der Waals surface area (Å²) in [5.74, 6) is 0.658. The van der Waals surface area contributed by atoms with Crippen molar-refractivity contribution in [3.8, 4) is 0 Å². The van der Waals surface area contributed by atoms with Crippen LogP contribution in [0.5, 0.6) is 0 Å². The van der Waals surface area contributed by atoms with Gasteiger partial charge in [-0.15, -0.1) is 0 Å². The second-order valence-electron chi connectivity index (χ2n) is 7.11. The van der Waals surface area contributed by atoms with Crippen LogP contribution in [0, 0.1) is 5.92 Å². The molecule has 2 aliphatic rings. The molecular formula is C18H27BrN2. The molecule has 21 heavy (non-hydrogen) atoms. The lowest BCUT2D eigenvalue weighted by Crippen LogP contribution is -2.66. The molecule has 3 heteroatoms. The molecule has 3 rings (SSSR count). The summed E-state index contributed by atoms with van der Waals surface area (Å²) < 4.78 is 1.23. The Kier molecular flexibility index (Phi) is 4.60. The van der Waals surface area contributed by atoms with Crippen molar-refractivity contribution in [1.82, 2.24) is 5.32 Å². The summed E-state index contributed by atoms with van der Waals surface area (Å²) in [6.45, 7) is 6.95. The number of halogens is 1. The zero-order chi connectivity index (χ0) is 14.9. The van der Waals surface area contributed by atoms with Crippen LogP contribution in [0.15, 0.2) is 28.7 Å². The number of rotatable bonds is 2. The highest BCUT2D eigenvalue weighted by atomic mass is 79.9. The molecule has 1 heterocycles. The maximum Gasteiger partial charge on any atom is 0.0514 e. The molecule has 1 saturated carbocycles. The number of nitrogens with one attached hydrogen (secondary N) is 1. The van der Waals surface area contributed by atoms with E-state index in [0.717, 1.165) is 13.1 Å². The summed E-state index contributed by atoms with van der Waals surface area (Å²) in [4.78, 5) is 2.66. The third kappa shape index (κ3) is 3.14. The van der Waals surface area contributed by atoms with Gasteiger partial charge in [-0.3, -0.25) is 0 Å². The standard InChI is InChI=1S/C18H27BrN2/c1-14(2)17-12-20-18(10-6-3-7-11-18)13-21(17)16-9-5-4-8-15(16)19/h4-5,8-9,14,17,20H,3,6-7,10-13H2,1-2H3. The van der Waals surface area contributed by atoms with E-state index in [2.05, 4.69) is 64.3 Å². The predicted molar refractivity (Wildman–Crippen MR) is 93.9 cm³/mol. The minimum atomic E-state index is 0.346. The van der Waals surface area contributed by atoms with Gasteiger partial charge in [-0.2, -0.15) is 0 Å². The summed E-state index contributed by atoms with van der Waals surface area (Å²) >= 11 is 3.76. The van der Waals surface area contributed by atoms with Crippen molar-refractivity contribution < 1.29 is 0 Å². The van der Waals surface area contributed by atoms with Crippen molar-refractivity contribution in [1.29, 1.82) is 0 Å². The predicted octanol–water partition coefficient (Wildman–Crippen LogP) is 4.59. The number of para-hydroxylation sites is 1. The maximum absolute atomic E-state index is 3.93. The van der Waals surface area contributed by atoms with Gasteiger partial charge in [0.15, 0.2) is 0 Å². The number of hydrogen-bond acceptors (Lipinski definition) is 2. The van der Waals surface area contributed by atoms with E-state index in [1.165, 1.54) is 42.3 Å². The first-order valence-electron chi connectivity index (χ1n) is 8.37. The molecule has 0 amide bonds. The van der Waals surface area contributed by atoms with Crippen molar-refractivity contribution in [3.05, 3.63) is 28.7 Å². The number of hydrogen-bond donors (Lipinski definition) is 1. The lowest BCUT2D eigenvalue weighted by molar-refractivity contribution is 0.184. The molecular weight excluding hydrogens is 324 g/mol. The van der Waals surface area contributed by atoms with Crippen LogP contribution >= 0.6 is 15.9 Å². The Balaban J connectivity index is 1.90. The molecule has 1 N–H and O–H groups in total. The van der Waals surface area contributed by atoms with E-state index in [1.807, 2.05) is 0 Å². The summed E-state index contributed by atoms with van der Waals surface area (Å²) in [7, 11) is 0. The molecule has 1 aromatic carbocycles. The molecule has 1 unspecified atom stereocenters. The van der Waals surface area contributed by atoms with Gasteiger partial charge in [0.1, 0.15) is 0 Å². The summed E-state index contributed by atoms with van der Waals surface area (Å²) in [5.41, 5.74) is 1.71. The highest BCUT2D eigenvalue weighted by Crippen LogP contribution is 2.37. The Hall–Kier alpha value is -0.540. The second-order valence-corrected chi connectivity index (χ2v) is 7.97. The van der Waals surface area contributed by atoms with Crippen molar-refractivity contribution in [2.45, 2.75) is 57.5 Å². The Bertz CT molecular complexity index is 480. The van der Waals surface area contributed by atoms with E-state index in [0.29, 0.717) is 17.5 Å². The van der Waals surface area contributed by atoms with Crippen molar-refractivity contribution in [3.63, 3.8) is 0 Å². The minimum absolute atomic E-state index is 0.346. The van der Waals surface area contributed by atoms with Crippen LogP contribution < -0.4 is 10.2 Å². The quantitative estimate of drug-likeness (QED) is 0.839. The highest BCUT2D eigenvalue weighted by molar-refractivity contribution is 9.10. The van der Waals surface area contributed by atoms with E-state index in [4.69, 9.17) is 0 Å². The van der Waals surface area contributed by atoms with Crippen LogP contribution in [0.1, 0.15) is 46.0 Å². The lowest BCUT2D eigenvalue weighted by Gasteiger charge is -2.52. The maximum atomic E-state index is 3.93. The number of anilines is 1. The van der Waals surface area contributed by atoms with Gasteiger partial charge in [0.25, 0.3) is 0 Å². The summed E-state index contributed by atoms with van der Waals surface area (Å²) in [6, 6.07) is 9.28. The molecule has 1 aliphatic heterocycles. The van der Waals surface area contributed by atoms with E-state index < -0.39 is 0 Å². The molecule has 0 radical (unpaired) electrons. The fourth-order valence-corrected chi connectivity index (χ4v) is 4.55. The van der Waals surface area contributed by atoms with E-state index in [9.17, 15) is 0 Å². The van der Waals surface area contributed by atoms with Crippen LogP contribution in [0.3, 0.4) is 0 Å². The molecule has 0 bridgehead atoms. The van der Waals surface area contributed by atoms with Gasteiger partial charge in [0.05, 0.1) is 5.69 Å². The normalized spacial score (nSPS) is 25.5. The average molecular weight is 351 g/mol. The first-order valence-corrected chi connectivity index (χ1v) is 9.17. The van der Waals surface area contributed by atoms with Gasteiger partial charge >= 0.3 is 0 Å². The molecule has 0 aromatic heterocycles. The second kappa shape index (κ2) is 6.29. The fraction of sp³-hybridized carbons (Fsp3) is 0.667. The third-order valence-electron chi connectivity index (χ3n) is 5.30. The molecule has 2 fully saturated rings. The topological polar surface area (TPSA) is 15.3 Å². The van der Waals surface area contributed by atoms with Gasteiger partial charge < -0.3 is 10.2 Å². The number of piperazine rings is 1.